The van der Waals surface area contributed by atoms with E-state index < -0.39 is 0 Å². The summed E-state index contributed by atoms with van der Waals surface area (Å²) in [6, 6.07) is 0. The third-order valence-electron chi connectivity index (χ3n) is 2.77. The molecule has 0 amide bonds. The fourth-order valence-corrected chi connectivity index (χ4v) is 2.91. The molecular weight excluding hydrogens is 254 g/mol. The number of aromatic nitrogens is 1. The molecule has 0 saturated heterocycles. The highest BCUT2D eigenvalue weighted by molar-refractivity contribution is 7.09. The van der Waals surface area contributed by atoms with Gasteiger partial charge < -0.3 is 0 Å². The Bertz CT molecular complexity index is 381. The van der Waals surface area contributed by atoms with E-state index in [-0.39, 0.29) is 17.1 Å². The van der Waals surface area contributed by atoms with Crippen molar-refractivity contribution in [2.24, 2.45) is 5.92 Å². The molecule has 0 N–H and O–H groups in total. The Morgan fingerprint density at radius 2 is 2.18 bits per heavy atom. The Kier molecular flexibility index (Phi) is 5.14. The van der Waals surface area contributed by atoms with Gasteiger partial charge in [0.1, 0.15) is 5.78 Å². The maximum Gasteiger partial charge on any atom is 0.133 e. The van der Waals surface area contributed by atoms with Crippen LogP contribution in [0.3, 0.4) is 0 Å². The molecule has 1 aromatic rings. The maximum atomic E-state index is 11.5. The van der Waals surface area contributed by atoms with Crippen molar-refractivity contribution in [1.82, 2.24) is 4.98 Å². The standard InChI is InChI=1S/C13H20ClNOS/c1-9(16)10(5-6-14)7-12-15-11(8-17-12)13(2,3)4/h8,10H,5-7H2,1-4H3. The number of hydrogen-bond donors (Lipinski definition) is 0. The average Bonchev–Trinajstić information content (AvgIpc) is 2.64. The first-order chi connectivity index (χ1) is 7.84. The van der Waals surface area contributed by atoms with Crippen LogP contribution in [0, 0.1) is 5.92 Å². The lowest BCUT2D eigenvalue weighted by atomic mass is 9.93. The minimum atomic E-state index is 0.0199. The highest BCUT2D eigenvalue weighted by Crippen LogP contribution is 2.25. The molecule has 0 aliphatic heterocycles. The van der Waals surface area contributed by atoms with Crippen molar-refractivity contribution in [1.29, 1.82) is 0 Å². The summed E-state index contributed by atoms with van der Waals surface area (Å²) in [6.45, 7) is 8.07. The van der Waals surface area contributed by atoms with Gasteiger partial charge in [-0.3, -0.25) is 4.79 Å². The first-order valence-electron chi connectivity index (χ1n) is 5.86. The van der Waals surface area contributed by atoms with Crippen LogP contribution in [0.2, 0.25) is 0 Å². The molecule has 0 aliphatic rings. The zero-order valence-electron chi connectivity index (χ0n) is 10.9. The predicted molar refractivity (Wildman–Crippen MR) is 74.0 cm³/mol. The number of ketones is 1. The molecule has 2 nitrogen and oxygen atoms in total. The zero-order valence-corrected chi connectivity index (χ0v) is 12.5. The summed E-state index contributed by atoms with van der Waals surface area (Å²) < 4.78 is 0. The fraction of sp³-hybridized carbons (Fsp3) is 0.692. The number of carbonyl (C=O) groups is 1. The lowest BCUT2D eigenvalue weighted by Gasteiger charge is -2.14. The van der Waals surface area contributed by atoms with Crippen LogP contribution in [-0.2, 0) is 16.6 Å². The van der Waals surface area contributed by atoms with Gasteiger partial charge in [-0.05, 0) is 13.3 Å². The molecule has 0 spiro atoms. The number of carbonyl (C=O) groups excluding carboxylic acids is 1. The monoisotopic (exact) mass is 273 g/mol. The number of Topliss-reactive ketones (excluding diaryl/α,β-unsaturated/α-hetero) is 1. The van der Waals surface area contributed by atoms with Gasteiger partial charge in [-0.25, -0.2) is 4.98 Å². The number of nitrogens with zero attached hydrogens (tertiary/aromatic N) is 1. The van der Waals surface area contributed by atoms with Gasteiger partial charge in [-0.2, -0.15) is 0 Å². The van der Waals surface area contributed by atoms with Crippen LogP contribution in [0.25, 0.3) is 0 Å². The fourth-order valence-electron chi connectivity index (χ4n) is 1.54. The molecule has 1 rings (SSSR count). The van der Waals surface area contributed by atoms with Gasteiger partial charge in [-0.1, -0.05) is 20.8 Å². The van der Waals surface area contributed by atoms with Crippen LogP contribution in [0.1, 0.15) is 44.8 Å². The van der Waals surface area contributed by atoms with E-state index in [1.807, 2.05) is 0 Å². The van der Waals surface area contributed by atoms with Crippen LogP contribution in [0.15, 0.2) is 5.38 Å². The number of alkyl halides is 1. The van der Waals surface area contributed by atoms with Gasteiger partial charge >= 0.3 is 0 Å². The second-order valence-electron chi connectivity index (χ2n) is 5.37. The van der Waals surface area contributed by atoms with E-state index in [2.05, 4.69) is 31.1 Å². The van der Waals surface area contributed by atoms with Crippen molar-refractivity contribution in [3.63, 3.8) is 0 Å². The third kappa shape index (κ3) is 4.40. The van der Waals surface area contributed by atoms with E-state index in [9.17, 15) is 4.79 Å². The first-order valence-corrected chi connectivity index (χ1v) is 7.27. The number of rotatable bonds is 5. The Labute approximate surface area is 112 Å². The Balaban J connectivity index is 2.74. The SMILES string of the molecule is CC(=O)C(CCCl)Cc1nc(C(C)(C)C)cs1. The number of hydrogen-bond acceptors (Lipinski definition) is 3. The summed E-state index contributed by atoms with van der Waals surface area (Å²) in [5, 5.41) is 3.13. The lowest BCUT2D eigenvalue weighted by Crippen LogP contribution is -2.15. The smallest absolute Gasteiger partial charge is 0.133 e. The summed E-state index contributed by atoms with van der Waals surface area (Å²) >= 11 is 7.36. The quantitative estimate of drug-likeness (QED) is 0.764. The van der Waals surface area contributed by atoms with Crippen molar-refractivity contribution in [2.75, 3.05) is 5.88 Å². The van der Waals surface area contributed by atoms with E-state index in [4.69, 9.17) is 11.6 Å². The average molecular weight is 274 g/mol. The van der Waals surface area contributed by atoms with Crippen LogP contribution in [0.5, 0.6) is 0 Å². The van der Waals surface area contributed by atoms with E-state index in [0.717, 1.165) is 23.5 Å². The van der Waals surface area contributed by atoms with Crippen molar-refractivity contribution in [3.8, 4) is 0 Å². The highest BCUT2D eigenvalue weighted by Gasteiger charge is 2.20. The molecule has 1 atom stereocenters. The molecule has 0 fully saturated rings. The number of thiazole rings is 1. The molecule has 0 bridgehead atoms. The molecule has 0 aromatic carbocycles. The third-order valence-corrected chi connectivity index (χ3v) is 3.86. The van der Waals surface area contributed by atoms with Gasteiger partial charge in [0, 0.05) is 29.0 Å². The van der Waals surface area contributed by atoms with Crippen molar-refractivity contribution >= 4 is 28.7 Å². The molecule has 1 aromatic heterocycles. The summed E-state index contributed by atoms with van der Waals surface area (Å²) in [5.41, 5.74) is 1.18. The lowest BCUT2D eigenvalue weighted by molar-refractivity contribution is -0.120. The molecule has 4 heteroatoms. The molecule has 0 saturated carbocycles. The molecule has 17 heavy (non-hydrogen) atoms. The van der Waals surface area contributed by atoms with Crippen LogP contribution >= 0.6 is 22.9 Å². The molecule has 1 heterocycles. The van der Waals surface area contributed by atoms with Gasteiger partial charge in [0.25, 0.3) is 0 Å². The van der Waals surface area contributed by atoms with Gasteiger partial charge in [0.05, 0.1) is 10.7 Å². The molecule has 0 aliphatic carbocycles. The van der Waals surface area contributed by atoms with Gasteiger partial charge in [-0.15, -0.1) is 22.9 Å². The zero-order chi connectivity index (χ0) is 13.1. The molecule has 96 valence electrons. The van der Waals surface area contributed by atoms with Crippen molar-refractivity contribution < 1.29 is 4.79 Å². The number of halogens is 1. The summed E-state index contributed by atoms with van der Waals surface area (Å²) in [7, 11) is 0. The molecular formula is C13H20ClNOS. The molecule has 0 radical (unpaired) electrons. The van der Waals surface area contributed by atoms with E-state index in [0.29, 0.717) is 5.88 Å². The topological polar surface area (TPSA) is 30.0 Å². The van der Waals surface area contributed by atoms with Crippen LogP contribution in [0.4, 0.5) is 0 Å². The second kappa shape index (κ2) is 5.96. The normalized spacial score (nSPS) is 13.7. The predicted octanol–water partition coefficient (Wildman–Crippen LogP) is 3.82. The minimum Gasteiger partial charge on any atom is -0.300 e. The van der Waals surface area contributed by atoms with Crippen molar-refractivity contribution in [3.05, 3.63) is 16.1 Å². The highest BCUT2D eigenvalue weighted by atomic mass is 35.5. The van der Waals surface area contributed by atoms with Crippen LogP contribution < -0.4 is 0 Å². The Morgan fingerprint density at radius 1 is 1.53 bits per heavy atom. The summed E-state index contributed by atoms with van der Waals surface area (Å²) in [6.07, 6.45) is 1.46. The van der Waals surface area contributed by atoms with Gasteiger partial charge in [0.15, 0.2) is 0 Å². The minimum absolute atomic E-state index is 0.0199. The van der Waals surface area contributed by atoms with E-state index in [1.165, 1.54) is 0 Å². The van der Waals surface area contributed by atoms with E-state index >= 15 is 0 Å². The van der Waals surface area contributed by atoms with Crippen molar-refractivity contribution in [2.45, 2.75) is 46.0 Å². The second-order valence-corrected chi connectivity index (χ2v) is 6.69. The summed E-state index contributed by atoms with van der Waals surface area (Å²) in [4.78, 5) is 16.1. The largest absolute Gasteiger partial charge is 0.300 e. The Hall–Kier alpha value is -0.410. The first kappa shape index (κ1) is 14.7. The molecule has 1 unspecified atom stereocenters. The Morgan fingerprint density at radius 3 is 2.59 bits per heavy atom. The van der Waals surface area contributed by atoms with E-state index in [1.54, 1.807) is 18.3 Å². The van der Waals surface area contributed by atoms with Gasteiger partial charge in [0.2, 0.25) is 0 Å². The van der Waals surface area contributed by atoms with Crippen LogP contribution in [-0.4, -0.2) is 16.6 Å². The maximum absolute atomic E-state index is 11.5. The summed E-state index contributed by atoms with van der Waals surface area (Å²) in [5.74, 6) is 0.756.